The second-order valence-electron chi connectivity index (χ2n) is 13.0. The van der Waals surface area contributed by atoms with Crippen LogP contribution in [0.5, 0.6) is 0 Å². The molecule has 1 fully saturated rings. The lowest BCUT2D eigenvalue weighted by molar-refractivity contribution is -0.0366. The summed E-state index contributed by atoms with van der Waals surface area (Å²) in [6, 6.07) is 22.8. The first-order valence-corrected chi connectivity index (χ1v) is 18.3. The van der Waals surface area contributed by atoms with E-state index >= 15 is 0 Å². The molecule has 0 saturated carbocycles. The molecule has 49 heavy (non-hydrogen) atoms. The highest BCUT2D eigenvalue weighted by molar-refractivity contribution is 7.97. The van der Waals surface area contributed by atoms with Gasteiger partial charge < -0.3 is 15.4 Å². The highest BCUT2D eigenvalue weighted by Crippen LogP contribution is 2.37. The summed E-state index contributed by atoms with van der Waals surface area (Å²) in [6.07, 6.45) is 3.21. The Morgan fingerprint density at radius 2 is 1.41 bits per heavy atom. The minimum Gasteiger partial charge on any atom is -0.396 e. The van der Waals surface area contributed by atoms with E-state index in [-0.39, 0.29) is 29.5 Å². The Bertz CT molecular complexity index is 1580. The molecule has 3 N–H and O–H groups in total. The zero-order valence-corrected chi connectivity index (χ0v) is 31.1. The van der Waals surface area contributed by atoms with Crippen molar-refractivity contribution in [2.45, 2.75) is 77.8 Å². The first-order valence-electron chi connectivity index (χ1n) is 16.7. The van der Waals surface area contributed by atoms with Gasteiger partial charge in [-0.2, -0.15) is 13.2 Å². The lowest BCUT2D eigenvalue weighted by Crippen LogP contribution is -2.37. The summed E-state index contributed by atoms with van der Waals surface area (Å²) in [7, 11) is 0. The van der Waals surface area contributed by atoms with Gasteiger partial charge in [0.15, 0.2) is 0 Å². The van der Waals surface area contributed by atoms with Crippen molar-refractivity contribution >= 4 is 51.7 Å². The van der Waals surface area contributed by atoms with Gasteiger partial charge in [0.1, 0.15) is 0 Å². The quantitative estimate of drug-likeness (QED) is 0.118. The number of aliphatic hydroxyl groups is 1. The summed E-state index contributed by atoms with van der Waals surface area (Å²) in [5.74, 6) is 1.42. The number of H-pyrrole nitrogens is 1. The van der Waals surface area contributed by atoms with Crippen LogP contribution in [0.15, 0.2) is 77.6 Å². The monoisotopic (exact) mass is 737 g/mol. The number of pyridine rings is 1. The highest BCUT2D eigenvalue weighted by atomic mass is 35.5. The number of hydrogen-bond donors (Lipinski definition) is 3. The van der Waals surface area contributed by atoms with E-state index in [0.29, 0.717) is 59.7 Å². The molecule has 5 rings (SSSR count). The zero-order valence-electron chi connectivity index (χ0n) is 28.8. The van der Waals surface area contributed by atoms with Gasteiger partial charge in [-0.15, -0.1) is 0 Å². The molecule has 5 nitrogen and oxygen atoms in total. The fourth-order valence-corrected chi connectivity index (χ4v) is 6.28. The number of anilines is 1. The van der Waals surface area contributed by atoms with Crippen LogP contribution in [0.4, 0.5) is 18.9 Å². The van der Waals surface area contributed by atoms with Gasteiger partial charge in [-0.3, -0.25) is 4.79 Å². The maximum Gasteiger partial charge on any atom is 0.456 e. The van der Waals surface area contributed by atoms with Crippen LogP contribution in [-0.4, -0.2) is 45.6 Å². The third-order valence-corrected chi connectivity index (χ3v) is 9.31. The molecule has 0 spiro atoms. The molecule has 0 bridgehead atoms. The molecule has 1 aromatic heterocycles. The number of piperidine rings is 1. The molecule has 1 saturated heterocycles. The summed E-state index contributed by atoms with van der Waals surface area (Å²) in [5.41, 5.74) is -0.0876. The molecule has 0 amide bonds. The number of aromatic amines is 1. The van der Waals surface area contributed by atoms with Gasteiger partial charge in [0.2, 0.25) is 5.56 Å². The molecule has 268 valence electrons. The van der Waals surface area contributed by atoms with Crippen molar-refractivity contribution in [3.8, 4) is 0 Å². The van der Waals surface area contributed by atoms with E-state index in [0.717, 1.165) is 34.4 Å². The predicted octanol–water partition coefficient (Wildman–Crippen LogP) is 11.1. The van der Waals surface area contributed by atoms with Crippen LogP contribution in [0, 0.1) is 11.8 Å². The minimum atomic E-state index is -4.29. The molecule has 0 aliphatic carbocycles. The normalized spacial score (nSPS) is 14.6. The number of nitrogens with one attached hydrogen (secondary N) is 2. The van der Waals surface area contributed by atoms with Crippen LogP contribution in [0.2, 0.25) is 10.0 Å². The predicted molar refractivity (Wildman–Crippen MR) is 202 cm³/mol. The maximum absolute atomic E-state index is 12.7. The lowest BCUT2D eigenvalue weighted by atomic mass is 9.84. The van der Waals surface area contributed by atoms with Crippen molar-refractivity contribution in [1.82, 2.24) is 9.29 Å². The topological polar surface area (TPSA) is 68.4 Å². The number of alkyl halides is 3. The molecular weight excluding hydrogens is 690 g/mol. The zero-order chi connectivity index (χ0) is 36.1. The van der Waals surface area contributed by atoms with E-state index in [1.54, 1.807) is 0 Å². The SMILES string of the molecule is CC(C)C.CCC(C)CCO.O=c1cc(NC2CCN(SC(F)(F)F)CC2)c2cc(C(c3ccc(Cl)cc3)c3ccc(Cl)cc3)ccc2[nH]1. The van der Waals surface area contributed by atoms with Crippen LogP contribution in [-0.2, 0) is 0 Å². The molecule has 1 unspecified atom stereocenters. The summed E-state index contributed by atoms with van der Waals surface area (Å²) in [5, 5.41) is 13.9. The maximum atomic E-state index is 12.7. The average molecular weight is 739 g/mol. The summed E-state index contributed by atoms with van der Waals surface area (Å²) >= 11 is 12.2. The first-order chi connectivity index (χ1) is 23.2. The number of aliphatic hydroxyl groups excluding tert-OH is 1. The van der Waals surface area contributed by atoms with Crippen LogP contribution >= 0.6 is 35.1 Å². The minimum absolute atomic E-state index is 0.0444. The first kappa shape index (κ1) is 40.7. The molecule has 4 aromatic rings. The van der Waals surface area contributed by atoms with Crippen molar-refractivity contribution in [3.05, 3.63) is 110 Å². The fourth-order valence-electron chi connectivity index (χ4n) is 5.34. The Hall–Kier alpha value is -2.69. The van der Waals surface area contributed by atoms with Crippen molar-refractivity contribution in [1.29, 1.82) is 0 Å². The molecule has 1 aliphatic rings. The van der Waals surface area contributed by atoms with E-state index < -0.39 is 5.51 Å². The van der Waals surface area contributed by atoms with Gasteiger partial charge in [0, 0.05) is 70.8 Å². The van der Waals surface area contributed by atoms with Gasteiger partial charge in [0.25, 0.3) is 0 Å². The van der Waals surface area contributed by atoms with E-state index in [2.05, 4.69) is 51.0 Å². The molecule has 1 aliphatic heterocycles. The molecule has 0 radical (unpaired) electrons. The molecular formula is C38H48Cl2F3N3O2S. The van der Waals surface area contributed by atoms with E-state index in [1.165, 1.54) is 16.8 Å². The van der Waals surface area contributed by atoms with E-state index in [9.17, 15) is 18.0 Å². The number of nitrogens with zero attached hydrogens (tertiary/aromatic N) is 1. The number of aromatic nitrogens is 1. The number of halogens is 5. The smallest absolute Gasteiger partial charge is 0.396 e. The van der Waals surface area contributed by atoms with Crippen LogP contribution in [0.25, 0.3) is 10.9 Å². The number of hydrogen-bond acceptors (Lipinski definition) is 5. The molecule has 2 heterocycles. The van der Waals surface area contributed by atoms with Crippen LogP contribution in [0.1, 0.15) is 82.9 Å². The third-order valence-electron chi connectivity index (χ3n) is 7.97. The van der Waals surface area contributed by atoms with Gasteiger partial charge in [-0.05, 0) is 84.2 Å². The average Bonchev–Trinajstić information content (AvgIpc) is 3.03. The van der Waals surface area contributed by atoms with Crippen molar-refractivity contribution in [2.24, 2.45) is 11.8 Å². The Labute approximate surface area is 302 Å². The Morgan fingerprint density at radius 3 is 1.86 bits per heavy atom. The Kier molecular flexibility index (Phi) is 16.3. The van der Waals surface area contributed by atoms with Crippen molar-refractivity contribution < 1.29 is 18.3 Å². The fraction of sp³-hybridized carbons (Fsp3) is 0.447. The standard InChI is InChI=1S/C28H24Cl2F3N3OS.C6H14O.C4H10/c29-20-6-1-17(2-7-20)27(18-3-8-21(30)9-4-18)19-5-10-24-23(15-19)25(16-26(37)35-24)34-22-11-13-36(14-12-22)38-28(31,32)33;1-3-6(2)4-5-7;1-4(2)3/h1-10,15-16,22,27H,11-14H2,(H2,34,35,37);6-7H,3-5H2,1-2H3;4H,1-3H3. The van der Waals surface area contributed by atoms with Gasteiger partial charge in [-0.1, -0.05) is 94.6 Å². The number of fused-ring (bicyclic) bond motifs is 1. The number of benzene rings is 3. The summed E-state index contributed by atoms with van der Waals surface area (Å²) in [6.45, 7) is 11.7. The highest BCUT2D eigenvalue weighted by Gasteiger charge is 2.34. The summed E-state index contributed by atoms with van der Waals surface area (Å²) < 4.78 is 39.6. The second-order valence-corrected chi connectivity index (χ2v) is 15.1. The largest absolute Gasteiger partial charge is 0.456 e. The second kappa shape index (κ2) is 19.6. The van der Waals surface area contributed by atoms with Crippen LogP contribution < -0.4 is 10.9 Å². The van der Waals surface area contributed by atoms with Crippen molar-refractivity contribution in [3.63, 3.8) is 0 Å². The molecule has 11 heteroatoms. The van der Waals surface area contributed by atoms with Crippen molar-refractivity contribution in [2.75, 3.05) is 25.0 Å². The van der Waals surface area contributed by atoms with Gasteiger partial charge in [0.05, 0.1) is 5.52 Å². The van der Waals surface area contributed by atoms with Crippen LogP contribution in [0.3, 0.4) is 0 Å². The number of rotatable bonds is 9. The van der Waals surface area contributed by atoms with Gasteiger partial charge in [-0.25, -0.2) is 4.31 Å². The van der Waals surface area contributed by atoms with E-state index in [1.807, 2.05) is 60.7 Å². The Morgan fingerprint density at radius 1 is 0.898 bits per heavy atom. The lowest BCUT2D eigenvalue weighted by Gasteiger charge is -2.32. The Balaban J connectivity index is 0.000000514. The van der Waals surface area contributed by atoms with Gasteiger partial charge >= 0.3 is 5.51 Å². The molecule has 3 aromatic carbocycles. The molecule has 1 atom stereocenters. The van der Waals surface area contributed by atoms with E-state index in [4.69, 9.17) is 28.3 Å². The third kappa shape index (κ3) is 13.9. The summed E-state index contributed by atoms with van der Waals surface area (Å²) in [4.78, 5) is 15.3.